The first-order valence-electron chi connectivity index (χ1n) is 7.20. The highest BCUT2D eigenvalue weighted by atomic mass is 32.1. The molecule has 1 heteroatoms. The molecule has 0 aliphatic carbocycles. The number of allylic oxidation sites excluding steroid dienone is 1. The van der Waals surface area contributed by atoms with Crippen molar-refractivity contribution in [3.8, 4) is 0 Å². The van der Waals surface area contributed by atoms with Gasteiger partial charge in [0.05, 0.1) is 0 Å². The molecule has 0 spiro atoms. The maximum absolute atomic E-state index is 2.37. The number of benzene rings is 2. The van der Waals surface area contributed by atoms with Gasteiger partial charge < -0.3 is 0 Å². The second kappa shape index (κ2) is 6.55. The van der Waals surface area contributed by atoms with Crippen molar-refractivity contribution in [3.63, 3.8) is 0 Å². The Morgan fingerprint density at radius 2 is 1.52 bits per heavy atom. The van der Waals surface area contributed by atoms with E-state index in [2.05, 4.69) is 91.2 Å². The minimum atomic E-state index is 0.392. The van der Waals surface area contributed by atoms with Crippen LogP contribution < -0.4 is 0 Å². The van der Waals surface area contributed by atoms with E-state index in [0.717, 1.165) is 0 Å². The van der Waals surface area contributed by atoms with Crippen molar-refractivity contribution >= 4 is 16.9 Å². The zero-order valence-electron chi connectivity index (χ0n) is 12.1. The average Bonchev–Trinajstić information content (AvgIpc) is 3.08. The van der Waals surface area contributed by atoms with E-state index >= 15 is 0 Å². The first kappa shape index (κ1) is 13.8. The number of hydrogen-bond acceptors (Lipinski definition) is 1. The van der Waals surface area contributed by atoms with Gasteiger partial charge in [-0.2, -0.15) is 0 Å². The maximum Gasteiger partial charge on any atom is 0.0345 e. The summed E-state index contributed by atoms with van der Waals surface area (Å²) in [5.74, 6) is 0.392. The van der Waals surface area contributed by atoms with E-state index in [-0.39, 0.29) is 0 Å². The van der Waals surface area contributed by atoms with Gasteiger partial charge in [0.15, 0.2) is 0 Å². The van der Waals surface area contributed by atoms with E-state index in [1.807, 2.05) is 0 Å². The summed E-state index contributed by atoms with van der Waals surface area (Å²) in [6.45, 7) is 2.26. The first-order chi connectivity index (χ1) is 10.3. The highest BCUT2D eigenvalue weighted by molar-refractivity contribution is 7.11. The lowest BCUT2D eigenvalue weighted by atomic mass is 9.95. The van der Waals surface area contributed by atoms with Gasteiger partial charge >= 0.3 is 0 Å². The Morgan fingerprint density at radius 3 is 2.14 bits per heavy atom. The van der Waals surface area contributed by atoms with Crippen LogP contribution in [0, 0.1) is 0 Å². The molecule has 0 saturated carbocycles. The van der Waals surface area contributed by atoms with E-state index in [1.54, 1.807) is 11.3 Å². The fourth-order valence-electron chi connectivity index (χ4n) is 2.47. The molecule has 0 bridgehead atoms. The number of hydrogen-bond donors (Lipinski definition) is 0. The summed E-state index contributed by atoms with van der Waals surface area (Å²) >= 11 is 1.79. The van der Waals surface area contributed by atoms with E-state index in [1.165, 1.54) is 21.6 Å². The van der Waals surface area contributed by atoms with Gasteiger partial charge in [-0.25, -0.2) is 0 Å². The lowest BCUT2D eigenvalue weighted by Crippen LogP contribution is -1.92. The molecular formula is C20H18S. The molecule has 0 amide bonds. The van der Waals surface area contributed by atoms with Crippen molar-refractivity contribution in [2.75, 3.05) is 0 Å². The predicted octanol–water partition coefficient (Wildman–Crippen LogP) is 5.98. The zero-order chi connectivity index (χ0) is 14.5. The maximum atomic E-state index is 2.37. The molecule has 0 radical (unpaired) electrons. The fourth-order valence-corrected chi connectivity index (χ4v) is 3.25. The smallest absolute Gasteiger partial charge is 0.0345 e. The summed E-state index contributed by atoms with van der Waals surface area (Å²) in [6, 6.07) is 25.6. The van der Waals surface area contributed by atoms with Crippen LogP contribution in [0.15, 0.2) is 84.3 Å². The third kappa shape index (κ3) is 3.32. The van der Waals surface area contributed by atoms with Crippen LogP contribution in [0.1, 0.15) is 28.8 Å². The van der Waals surface area contributed by atoms with Crippen LogP contribution in [0.2, 0.25) is 0 Å². The molecule has 21 heavy (non-hydrogen) atoms. The second-order valence-electron chi connectivity index (χ2n) is 5.12. The molecule has 1 aromatic heterocycles. The Bertz CT molecular complexity index is 694. The fraction of sp³-hybridized carbons (Fsp3) is 0.100. The topological polar surface area (TPSA) is 0 Å². The summed E-state index contributed by atoms with van der Waals surface area (Å²) < 4.78 is 0. The molecular weight excluding hydrogens is 272 g/mol. The second-order valence-corrected chi connectivity index (χ2v) is 6.07. The van der Waals surface area contributed by atoms with Crippen LogP contribution in [0.5, 0.6) is 0 Å². The van der Waals surface area contributed by atoms with Gasteiger partial charge in [0, 0.05) is 4.88 Å². The van der Waals surface area contributed by atoms with Crippen LogP contribution >= 0.6 is 11.3 Å². The Labute approximate surface area is 130 Å². The van der Waals surface area contributed by atoms with Gasteiger partial charge in [0.2, 0.25) is 0 Å². The Kier molecular flexibility index (Phi) is 4.32. The first-order valence-corrected chi connectivity index (χ1v) is 8.08. The molecule has 0 aliphatic heterocycles. The van der Waals surface area contributed by atoms with E-state index in [4.69, 9.17) is 0 Å². The standard InChI is InChI=1S/C20H18S/c1-16(17-9-4-2-5-10-17)15-19(20-13-8-14-21-20)18-11-6-3-7-12-18/h2-16H,1H3/b19-15+. The van der Waals surface area contributed by atoms with Gasteiger partial charge in [-0.3, -0.25) is 0 Å². The van der Waals surface area contributed by atoms with Gasteiger partial charge in [0.1, 0.15) is 0 Å². The van der Waals surface area contributed by atoms with Gasteiger partial charge in [-0.05, 0) is 34.1 Å². The normalized spacial score (nSPS) is 13.1. The third-order valence-electron chi connectivity index (χ3n) is 3.61. The summed E-state index contributed by atoms with van der Waals surface area (Å²) in [5.41, 5.74) is 3.95. The zero-order valence-corrected chi connectivity index (χ0v) is 12.9. The van der Waals surface area contributed by atoms with Crippen LogP contribution in [-0.2, 0) is 0 Å². The Balaban J connectivity index is 2.02. The van der Waals surface area contributed by atoms with Crippen molar-refractivity contribution in [2.24, 2.45) is 0 Å². The molecule has 0 N–H and O–H groups in total. The highest BCUT2D eigenvalue weighted by Gasteiger charge is 2.09. The molecule has 3 aromatic rings. The summed E-state index contributed by atoms with van der Waals surface area (Å²) in [6.07, 6.45) is 2.37. The molecule has 0 aliphatic rings. The van der Waals surface area contributed by atoms with Gasteiger partial charge in [-0.15, -0.1) is 11.3 Å². The monoisotopic (exact) mass is 290 g/mol. The van der Waals surface area contributed by atoms with E-state index < -0.39 is 0 Å². The molecule has 0 nitrogen and oxygen atoms in total. The summed E-state index contributed by atoms with van der Waals surface area (Å²) in [7, 11) is 0. The third-order valence-corrected chi connectivity index (χ3v) is 4.52. The minimum Gasteiger partial charge on any atom is -0.144 e. The number of rotatable bonds is 4. The average molecular weight is 290 g/mol. The largest absolute Gasteiger partial charge is 0.144 e. The minimum absolute atomic E-state index is 0.392. The van der Waals surface area contributed by atoms with Gasteiger partial charge in [-0.1, -0.05) is 79.7 Å². The van der Waals surface area contributed by atoms with E-state index in [9.17, 15) is 0 Å². The van der Waals surface area contributed by atoms with Crippen molar-refractivity contribution in [1.29, 1.82) is 0 Å². The Morgan fingerprint density at radius 1 is 0.857 bits per heavy atom. The predicted molar refractivity (Wildman–Crippen MR) is 92.7 cm³/mol. The van der Waals surface area contributed by atoms with Crippen molar-refractivity contribution in [2.45, 2.75) is 12.8 Å². The molecule has 104 valence electrons. The van der Waals surface area contributed by atoms with Crippen molar-refractivity contribution < 1.29 is 0 Å². The van der Waals surface area contributed by atoms with Crippen molar-refractivity contribution in [1.82, 2.24) is 0 Å². The molecule has 3 rings (SSSR count). The van der Waals surface area contributed by atoms with Crippen LogP contribution in [0.25, 0.3) is 5.57 Å². The van der Waals surface area contributed by atoms with Crippen LogP contribution in [-0.4, -0.2) is 0 Å². The van der Waals surface area contributed by atoms with E-state index in [0.29, 0.717) is 5.92 Å². The SMILES string of the molecule is CC(/C=C(\c1ccccc1)c1cccs1)c1ccccc1. The van der Waals surface area contributed by atoms with Crippen LogP contribution in [0.4, 0.5) is 0 Å². The highest BCUT2D eigenvalue weighted by Crippen LogP contribution is 2.30. The number of thiophene rings is 1. The molecule has 1 atom stereocenters. The molecule has 2 aromatic carbocycles. The molecule has 1 unspecified atom stereocenters. The molecule has 0 fully saturated rings. The Hall–Kier alpha value is -2.12. The van der Waals surface area contributed by atoms with Gasteiger partial charge in [0.25, 0.3) is 0 Å². The lowest BCUT2D eigenvalue weighted by molar-refractivity contribution is 0.970. The van der Waals surface area contributed by atoms with Crippen LogP contribution in [0.3, 0.4) is 0 Å². The molecule has 1 heterocycles. The lowest BCUT2D eigenvalue weighted by Gasteiger charge is -2.11. The summed E-state index contributed by atoms with van der Waals surface area (Å²) in [4.78, 5) is 1.32. The quantitative estimate of drug-likeness (QED) is 0.554. The summed E-state index contributed by atoms with van der Waals surface area (Å²) in [5, 5.41) is 2.14. The van der Waals surface area contributed by atoms with Crippen molar-refractivity contribution in [3.05, 3.63) is 100 Å². The molecule has 0 saturated heterocycles.